The first-order chi connectivity index (χ1) is 12.3. The van der Waals surface area contributed by atoms with Crippen LogP contribution >= 0.6 is 15.9 Å². The SMILES string of the molecule is NC(=O)c1c(Nc2ccc(Br)cc2F)cc(F)cc1OCC[C@@H](O)CO. The van der Waals surface area contributed by atoms with Crippen LogP contribution in [0, 0.1) is 11.6 Å². The third-order valence-corrected chi connectivity index (χ3v) is 3.93. The quantitative estimate of drug-likeness (QED) is 0.515. The van der Waals surface area contributed by atoms with Crippen LogP contribution in [-0.4, -0.2) is 35.4 Å². The molecule has 26 heavy (non-hydrogen) atoms. The van der Waals surface area contributed by atoms with Gasteiger partial charge in [-0.2, -0.15) is 0 Å². The second-order valence-corrected chi connectivity index (χ2v) is 6.33. The van der Waals surface area contributed by atoms with E-state index >= 15 is 0 Å². The predicted octanol–water partition coefficient (Wildman–Crippen LogP) is 2.69. The van der Waals surface area contributed by atoms with Crippen molar-refractivity contribution in [1.82, 2.24) is 0 Å². The molecule has 0 unspecified atom stereocenters. The van der Waals surface area contributed by atoms with Gasteiger partial charge >= 0.3 is 0 Å². The molecule has 0 aliphatic carbocycles. The standard InChI is InChI=1S/C17H17BrF2N2O4/c18-9-1-2-13(12(20)5-9)22-14-6-10(19)7-15(16(14)17(21)25)26-4-3-11(24)8-23/h1-2,5-7,11,22-24H,3-4,8H2,(H2,21,25)/t11-/m1/s1. The number of nitrogens with two attached hydrogens (primary N) is 1. The third kappa shape index (κ3) is 5.13. The molecule has 0 spiro atoms. The van der Waals surface area contributed by atoms with Crippen LogP contribution in [0.3, 0.4) is 0 Å². The zero-order chi connectivity index (χ0) is 19.3. The number of halogens is 3. The van der Waals surface area contributed by atoms with E-state index in [0.717, 1.165) is 12.1 Å². The molecule has 0 bridgehead atoms. The van der Waals surface area contributed by atoms with Crippen LogP contribution in [0.15, 0.2) is 34.8 Å². The van der Waals surface area contributed by atoms with E-state index in [1.54, 1.807) is 6.07 Å². The van der Waals surface area contributed by atoms with E-state index in [1.807, 2.05) is 0 Å². The molecule has 0 saturated heterocycles. The number of carbonyl (C=O) groups is 1. The maximum atomic E-state index is 14.0. The lowest BCUT2D eigenvalue weighted by Crippen LogP contribution is -2.19. The molecule has 0 heterocycles. The summed E-state index contributed by atoms with van der Waals surface area (Å²) in [6.45, 7) is -0.539. The van der Waals surface area contributed by atoms with Gasteiger partial charge in [-0.25, -0.2) is 8.78 Å². The number of aliphatic hydroxyl groups is 2. The maximum absolute atomic E-state index is 14.0. The number of nitrogens with one attached hydrogen (secondary N) is 1. The van der Waals surface area contributed by atoms with Crippen LogP contribution in [0.5, 0.6) is 5.75 Å². The minimum Gasteiger partial charge on any atom is -0.492 e. The van der Waals surface area contributed by atoms with Gasteiger partial charge in [0, 0.05) is 17.0 Å². The van der Waals surface area contributed by atoms with Crippen LogP contribution < -0.4 is 15.8 Å². The van der Waals surface area contributed by atoms with Crippen molar-refractivity contribution < 1.29 is 28.5 Å². The van der Waals surface area contributed by atoms with Gasteiger partial charge in [0.1, 0.15) is 22.9 Å². The number of aliphatic hydroxyl groups excluding tert-OH is 2. The number of hydrogen-bond donors (Lipinski definition) is 4. The van der Waals surface area contributed by atoms with Crippen LogP contribution in [0.4, 0.5) is 20.2 Å². The fourth-order valence-electron chi connectivity index (χ4n) is 2.18. The molecular weight excluding hydrogens is 414 g/mol. The van der Waals surface area contributed by atoms with Gasteiger partial charge in [-0.05, 0) is 24.3 Å². The molecule has 2 aromatic carbocycles. The molecule has 0 aliphatic rings. The van der Waals surface area contributed by atoms with Gasteiger partial charge in [0.15, 0.2) is 0 Å². The summed E-state index contributed by atoms with van der Waals surface area (Å²) in [5.74, 6) is -2.40. The Bertz CT molecular complexity index is 805. The summed E-state index contributed by atoms with van der Waals surface area (Å²) in [6.07, 6.45) is -0.940. The number of primary amides is 1. The summed E-state index contributed by atoms with van der Waals surface area (Å²) in [5.41, 5.74) is 5.16. The highest BCUT2D eigenvalue weighted by molar-refractivity contribution is 9.10. The first-order valence-corrected chi connectivity index (χ1v) is 8.38. The van der Waals surface area contributed by atoms with Crippen molar-refractivity contribution in [3.8, 4) is 5.75 Å². The number of hydrogen-bond acceptors (Lipinski definition) is 5. The zero-order valence-electron chi connectivity index (χ0n) is 13.5. The molecule has 0 fully saturated rings. The highest BCUT2D eigenvalue weighted by Gasteiger charge is 2.19. The Morgan fingerprint density at radius 1 is 1.27 bits per heavy atom. The van der Waals surface area contributed by atoms with Gasteiger partial charge in [-0.1, -0.05) is 15.9 Å². The van der Waals surface area contributed by atoms with Crippen molar-refractivity contribution in [2.45, 2.75) is 12.5 Å². The molecule has 0 radical (unpaired) electrons. The van der Waals surface area contributed by atoms with Gasteiger partial charge in [0.2, 0.25) is 0 Å². The molecule has 1 atom stereocenters. The summed E-state index contributed by atoms with van der Waals surface area (Å²) in [4.78, 5) is 11.8. The zero-order valence-corrected chi connectivity index (χ0v) is 15.1. The van der Waals surface area contributed by atoms with Gasteiger partial charge in [0.05, 0.1) is 30.7 Å². The topological polar surface area (TPSA) is 105 Å². The fraction of sp³-hybridized carbons (Fsp3) is 0.235. The van der Waals surface area contributed by atoms with Crippen molar-refractivity contribution >= 4 is 33.2 Å². The lowest BCUT2D eigenvalue weighted by atomic mass is 10.1. The lowest BCUT2D eigenvalue weighted by Gasteiger charge is -2.16. The van der Waals surface area contributed by atoms with Crippen LogP contribution in [0.1, 0.15) is 16.8 Å². The lowest BCUT2D eigenvalue weighted by molar-refractivity contribution is 0.0751. The Morgan fingerprint density at radius 2 is 2.00 bits per heavy atom. The maximum Gasteiger partial charge on any atom is 0.254 e. The van der Waals surface area contributed by atoms with E-state index in [1.165, 1.54) is 12.1 Å². The van der Waals surface area contributed by atoms with Crippen molar-refractivity contribution in [1.29, 1.82) is 0 Å². The minimum atomic E-state index is -1.00. The summed E-state index contributed by atoms with van der Waals surface area (Å²) in [6, 6.07) is 6.15. The molecule has 140 valence electrons. The molecule has 9 heteroatoms. The van der Waals surface area contributed by atoms with Gasteiger partial charge in [-0.15, -0.1) is 0 Å². The predicted molar refractivity (Wildman–Crippen MR) is 95.5 cm³/mol. The number of carbonyl (C=O) groups excluding carboxylic acids is 1. The summed E-state index contributed by atoms with van der Waals surface area (Å²) in [5, 5.41) is 20.7. The fourth-order valence-corrected chi connectivity index (χ4v) is 2.51. The third-order valence-electron chi connectivity index (χ3n) is 3.43. The number of rotatable bonds is 8. The summed E-state index contributed by atoms with van der Waals surface area (Å²) in [7, 11) is 0. The van der Waals surface area contributed by atoms with E-state index in [2.05, 4.69) is 21.2 Å². The average Bonchev–Trinajstić information content (AvgIpc) is 2.56. The van der Waals surface area contributed by atoms with Gasteiger partial charge in [0.25, 0.3) is 5.91 Å². The van der Waals surface area contributed by atoms with Crippen LogP contribution in [0.25, 0.3) is 0 Å². The normalized spacial score (nSPS) is 11.9. The molecule has 0 aliphatic heterocycles. The minimum absolute atomic E-state index is 0.0166. The molecule has 5 N–H and O–H groups in total. The molecule has 6 nitrogen and oxygen atoms in total. The monoisotopic (exact) mass is 430 g/mol. The van der Waals surface area contributed by atoms with Crippen molar-refractivity contribution in [2.24, 2.45) is 5.73 Å². The molecular formula is C17H17BrF2N2O4. The number of amides is 1. The largest absolute Gasteiger partial charge is 0.492 e. The summed E-state index contributed by atoms with van der Waals surface area (Å²) >= 11 is 3.13. The van der Waals surface area contributed by atoms with E-state index in [-0.39, 0.29) is 35.7 Å². The Morgan fingerprint density at radius 3 is 2.62 bits per heavy atom. The second-order valence-electron chi connectivity index (χ2n) is 5.41. The molecule has 2 rings (SSSR count). The highest BCUT2D eigenvalue weighted by Crippen LogP contribution is 2.32. The highest BCUT2D eigenvalue weighted by atomic mass is 79.9. The number of anilines is 2. The average molecular weight is 431 g/mol. The number of benzene rings is 2. The second kappa shape index (κ2) is 8.93. The van der Waals surface area contributed by atoms with E-state index < -0.39 is 30.3 Å². The first-order valence-electron chi connectivity index (χ1n) is 7.59. The molecule has 0 saturated carbocycles. The van der Waals surface area contributed by atoms with Crippen LogP contribution in [0.2, 0.25) is 0 Å². The molecule has 2 aromatic rings. The van der Waals surface area contributed by atoms with Crippen molar-refractivity contribution in [3.63, 3.8) is 0 Å². The van der Waals surface area contributed by atoms with Crippen molar-refractivity contribution in [2.75, 3.05) is 18.5 Å². The summed E-state index contributed by atoms with van der Waals surface area (Å²) < 4.78 is 33.8. The van der Waals surface area contributed by atoms with Gasteiger partial charge < -0.3 is 26.0 Å². The Labute approximate surface area is 156 Å². The van der Waals surface area contributed by atoms with Crippen LogP contribution in [-0.2, 0) is 0 Å². The van der Waals surface area contributed by atoms with Gasteiger partial charge in [-0.3, -0.25) is 4.79 Å². The van der Waals surface area contributed by atoms with Crippen molar-refractivity contribution in [3.05, 3.63) is 52.0 Å². The molecule has 0 aromatic heterocycles. The molecule has 1 amide bonds. The van der Waals surface area contributed by atoms with E-state index in [9.17, 15) is 18.7 Å². The van der Waals surface area contributed by atoms with E-state index in [4.69, 9.17) is 15.6 Å². The number of ether oxygens (including phenoxy) is 1. The smallest absolute Gasteiger partial charge is 0.254 e. The Kier molecular flexibility index (Phi) is 6.90. The Hall–Kier alpha value is -2.23. The van der Waals surface area contributed by atoms with E-state index in [0.29, 0.717) is 4.47 Å². The first kappa shape index (κ1) is 20.1. The Balaban J connectivity index is 2.34.